The molecule has 0 saturated heterocycles. The first-order valence-electron chi connectivity index (χ1n) is 8.13. The third-order valence-corrected chi connectivity index (χ3v) is 3.04. The van der Waals surface area contributed by atoms with Crippen LogP contribution in [0.5, 0.6) is 0 Å². The van der Waals surface area contributed by atoms with E-state index in [0.717, 1.165) is 0 Å². The molecule has 0 aromatic rings. The molecule has 0 aromatic heterocycles. The zero-order chi connectivity index (χ0) is 16.5. The number of unbranched alkanes of at least 4 members (excludes halogenated alkanes) is 3. The predicted molar refractivity (Wildman–Crippen MR) is 85.7 cm³/mol. The fourth-order valence-electron chi connectivity index (χ4n) is 1.69. The Labute approximate surface area is 129 Å². The maximum Gasteiger partial charge on any atom is 0.303 e. The fraction of sp³-hybridized carbons (Fsp3) is 0.875. The Balaban J connectivity index is 0. The molecular weight excluding hydrogens is 270 g/mol. The minimum absolute atomic E-state index is 0.296. The maximum absolute atomic E-state index is 9.64. The Morgan fingerprint density at radius 3 is 1.19 bits per heavy atom. The minimum atomic E-state index is -1.08. The summed E-state index contributed by atoms with van der Waals surface area (Å²) in [5.41, 5.74) is 0. The van der Waals surface area contributed by atoms with Crippen LogP contribution in [0.3, 0.4) is 0 Å². The van der Waals surface area contributed by atoms with Crippen molar-refractivity contribution in [3.05, 3.63) is 0 Å². The Morgan fingerprint density at radius 1 is 0.714 bits per heavy atom. The summed E-state index contributed by atoms with van der Waals surface area (Å²) in [6.45, 7) is 10.8. The van der Waals surface area contributed by atoms with Crippen molar-refractivity contribution in [2.24, 2.45) is 0 Å². The summed E-state index contributed by atoms with van der Waals surface area (Å²) in [5, 5.41) is 15.8. The molecule has 0 fully saturated rings. The van der Waals surface area contributed by atoms with Crippen LogP contribution in [0.2, 0.25) is 0 Å². The number of rotatable bonds is 12. The van der Waals surface area contributed by atoms with Crippen LogP contribution in [0.25, 0.3) is 0 Å². The lowest BCUT2D eigenvalue weighted by Crippen LogP contribution is -2.27. The van der Waals surface area contributed by atoms with Gasteiger partial charge in [-0.25, -0.2) is 0 Å². The van der Waals surface area contributed by atoms with Gasteiger partial charge in [0, 0.05) is 0 Å². The van der Waals surface area contributed by atoms with Gasteiger partial charge in [-0.1, -0.05) is 40.0 Å². The van der Waals surface area contributed by atoms with Crippen LogP contribution in [0, 0.1) is 0 Å². The van der Waals surface area contributed by atoms with Gasteiger partial charge in [0.15, 0.2) is 0 Å². The lowest BCUT2D eigenvalue weighted by Gasteiger charge is -2.21. The van der Waals surface area contributed by atoms with E-state index in [1.807, 2.05) is 0 Å². The highest BCUT2D eigenvalue weighted by molar-refractivity contribution is 5.75. The molecule has 5 nitrogen and oxygen atoms in total. The summed E-state index contributed by atoms with van der Waals surface area (Å²) in [6.07, 6.45) is 7.50. The maximum atomic E-state index is 9.64. The Kier molecular flexibility index (Phi) is 17.9. The van der Waals surface area contributed by atoms with Gasteiger partial charge in [0.2, 0.25) is 0 Å². The molecule has 0 spiro atoms. The molecule has 0 amide bonds. The van der Waals surface area contributed by atoms with Crippen LogP contribution in [0.1, 0.15) is 72.1 Å². The minimum Gasteiger partial charge on any atom is -0.481 e. The van der Waals surface area contributed by atoms with E-state index in [1.54, 1.807) is 0 Å². The number of aliphatic carboxylic acids is 2. The van der Waals surface area contributed by atoms with E-state index in [2.05, 4.69) is 25.7 Å². The monoisotopic (exact) mass is 303 g/mol. The number of hydrogen-bond acceptors (Lipinski definition) is 3. The second kappa shape index (κ2) is 17.0. The number of carboxylic acid groups (broad SMARTS) is 2. The lowest BCUT2D eigenvalue weighted by molar-refractivity contribution is -0.143. The molecule has 0 saturated carbocycles. The van der Waals surface area contributed by atoms with Crippen LogP contribution in [-0.4, -0.2) is 46.7 Å². The highest BCUT2D eigenvalue weighted by atomic mass is 16.4. The quantitative estimate of drug-likeness (QED) is 0.575. The van der Waals surface area contributed by atoms with E-state index in [9.17, 15) is 9.59 Å². The molecule has 126 valence electrons. The van der Waals surface area contributed by atoms with E-state index in [1.165, 1.54) is 58.2 Å². The van der Waals surface area contributed by atoms with E-state index < -0.39 is 11.9 Å². The first-order chi connectivity index (χ1) is 9.97. The van der Waals surface area contributed by atoms with Gasteiger partial charge in [-0.05, 0) is 38.9 Å². The zero-order valence-electron chi connectivity index (χ0n) is 13.9. The van der Waals surface area contributed by atoms with Crippen molar-refractivity contribution in [3.63, 3.8) is 0 Å². The predicted octanol–water partition coefficient (Wildman–Crippen LogP) is 3.62. The van der Waals surface area contributed by atoms with Gasteiger partial charge < -0.3 is 15.1 Å². The zero-order valence-corrected chi connectivity index (χ0v) is 13.9. The summed E-state index contributed by atoms with van der Waals surface area (Å²) in [7, 11) is 0. The van der Waals surface area contributed by atoms with Gasteiger partial charge in [-0.15, -0.1) is 0 Å². The first kappa shape index (κ1) is 22.2. The molecule has 0 aliphatic rings. The van der Waals surface area contributed by atoms with Gasteiger partial charge in [0.05, 0.1) is 12.8 Å². The number of carboxylic acids is 2. The molecule has 0 atom stereocenters. The van der Waals surface area contributed by atoms with Crippen LogP contribution < -0.4 is 0 Å². The number of hydrogen-bond donors (Lipinski definition) is 2. The molecule has 0 radical (unpaired) electrons. The molecule has 21 heavy (non-hydrogen) atoms. The Morgan fingerprint density at radius 2 is 1.00 bits per heavy atom. The van der Waals surface area contributed by atoms with Gasteiger partial charge in [0.25, 0.3) is 0 Å². The van der Waals surface area contributed by atoms with Crippen LogP contribution >= 0.6 is 0 Å². The standard InChI is InChI=1S/C12H27N.C4H6O4/c1-4-7-10-13(11-8-5-2)12-9-6-3;5-3(6)1-2-4(7)8/h4-12H2,1-3H3;1-2H2,(H,5,6)(H,7,8). The van der Waals surface area contributed by atoms with Gasteiger partial charge in [-0.2, -0.15) is 0 Å². The second-order valence-corrected chi connectivity index (χ2v) is 5.19. The first-order valence-corrected chi connectivity index (χ1v) is 8.13. The molecule has 0 rings (SSSR count). The van der Waals surface area contributed by atoms with Crippen molar-refractivity contribution in [1.82, 2.24) is 4.90 Å². The molecule has 0 aromatic carbocycles. The average Bonchev–Trinajstić information content (AvgIpc) is 2.45. The molecular formula is C16H33NO4. The molecule has 0 unspecified atom stereocenters. The third-order valence-electron chi connectivity index (χ3n) is 3.04. The van der Waals surface area contributed by atoms with Crippen molar-refractivity contribution in [2.75, 3.05) is 19.6 Å². The summed E-state index contributed by atoms with van der Waals surface area (Å²) < 4.78 is 0. The molecule has 0 heterocycles. The molecule has 0 aliphatic heterocycles. The SMILES string of the molecule is CCCCN(CCCC)CCCC.O=C(O)CCC(=O)O. The van der Waals surface area contributed by atoms with E-state index >= 15 is 0 Å². The average molecular weight is 303 g/mol. The molecule has 0 bridgehead atoms. The molecule has 2 N–H and O–H groups in total. The fourth-order valence-corrected chi connectivity index (χ4v) is 1.69. The lowest BCUT2D eigenvalue weighted by atomic mass is 10.2. The summed E-state index contributed by atoms with van der Waals surface area (Å²) in [5.74, 6) is -2.15. The topological polar surface area (TPSA) is 77.8 Å². The molecule has 5 heteroatoms. The van der Waals surface area contributed by atoms with Crippen molar-refractivity contribution in [2.45, 2.75) is 72.1 Å². The summed E-state index contributed by atoms with van der Waals surface area (Å²) in [6, 6.07) is 0. The van der Waals surface area contributed by atoms with Crippen molar-refractivity contribution < 1.29 is 19.8 Å². The van der Waals surface area contributed by atoms with Crippen LogP contribution in [0.15, 0.2) is 0 Å². The van der Waals surface area contributed by atoms with E-state index in [0.29, 0.717) is 0 Å². The summed E-state index contributed by atoms with van der Waals surface area (Å²) >= 11 is 0. The van der Waals surface area contributed by atoms with E-state index in [4.69, 9.17) is 10.2 Å². The highest BCUT2D eigenvalue weighted by Gasteiger charge is 2.02. The second-order valence-electron chi connectivity index (χ2n) is 5.19. The van der Waals surface area contributed by atoms with Crippen LogP contribution in [-0.2, 0) is 9.59 Å². The normalized spacial score (nSPS) is 10.1. The van der Waals surface area contributed by atoms with E-state index in [-0.39, 0.29) is 12.8 Å². The van der Waals surface area contributed by atoms with Gasteiger partial charge >= 0.3 is 11.9 Å². The highest BCUT2D eigenvalue weighted by Crippen LogP contribution is 2.01. The van der Waals surface area contributed by atoms with Crippen LogP contribution in [0.4, 0.5) is 0 Å². The van der Waals surface area contributed by atoms with Crippen molar-refractivity contribution >= 4 is 11.9 Å². The Bertz CT molecular complexity index is 224. The van der Waals surface area contributed by atoms with Gasteiger partial charge in [-0.3, -0.25) is 9.59 Å². The molecule has 0 aliphatic carbocycles. The van der Waals surface area contributed by atoms with Crippen molar-refractivity contribution in [3.8, 4) is 0 Å². The Hall–Kier alpha value is -1.10. The summed E-state index contributed by atoms with van der Waals surface area (Å²) in [4.78, 5) is 21.9. The number of nitrogens with zero attached hydrogens (tertiary/aromatic N) is 1. The largest absolute Gasteiger partial charge is 0.481 e. The smallest absolute Gasteiger partial charge is 0.303 e. The van der Waals surface area contributed by atoms with Crippen molar-refractivity contribution in [1.29, 1.82) is 0 Å². The third kappa shape index (κ3) is 21.4. The van der Waals surface area contributed by atoms with Gasteiger partial charge in [0.1, 0.15) is 0 Å². The number of carbonyl (C=O) groups is 2.